The fourth-order valence-corrected chi connectivity index (χ4v) is 3.34. The van der Waals surface area contributed by atoms with E-state index in [0.717, 1.165) is 24.7 Å². The molecule has 4 heteroatoms. The van der Waals surface area contributed by atoms with Crippen LogP contribution in [0.5, 0.6) is 0 Å². The van der Waals surface area contributed by atoms with Crippen LogP contribution in [0.3, 0.4) is 0 Å². The normalized spacial score (nSPS) is 21.1. The summed E-state index contributed by atoms with van der Waals surface area (Å²) in [5, 5.41) is 4.82. The van der Waals surface area contributed by atoms with Crippen molar-refractivity contribution in [3.05, 3.63) is 29.3 Å². The first-order valence-corrected chi connectivity index (χ1v) is 7.74. The van der Waals surface area contributed by atoms with Crippen LogP contribution in [0.2, 0.25) is 5.02 Å². The summed E-state index contributed by atoms with van der Waals surface area (Å²) in [4.78, 5) is 1.23. The van der Waals surface area contributed by atoms with Crippen LogP contribution in [0.4, 0.5) is 0 Å². The minimum absolute atomic E-state index is 0.424. The van der Waals surface area contributed by atoms with Crippen LogP contribution in [0.15, 0.2) is 29.2 Å². The molecule has 1 aliphatic rings. The lowest BCUT2D eigenvalue weighted by Gasteiger charge is -2.15. The Morgan fingerprint density at radius 2 is 2.44 bits per heavy atom. The van der Waals surface area contributed by atoms with E-state index >= 15 is 0 Å². The maximum absolute atomic E-state index is 5.97. The summed E-state index contributed by atoms with van der Waals surface area (Å²) in [5.41, 5.74) is 0. The lowest BCUT2D eigenvalue weighted by molar-refractivity contribution is 0.110. The number of hydrogen-bond donors (Lipinski definition) is 1. The summed E-state index contributed by atoms with van der Waals surface area (Å²) < 4.78 is 5.58. The Morgan fingerprint density at radius 3 is 3.17 bits per heavy atom. The average Bonchev–Trinajstić information content (AvgIpc) is 2.82. The lowest BCUT2D eigenvalue weighted by Crippen LogP contribution is -2.30. The summed E-state index contributed by atoms with van der Waals surface area (Å²) in [6.07, 6.45) is 2.83. The quantitative estimate of drug-likeness (QED) is 0.807. The van der Waals surface area contributed by atoms with Gasteiger partial charge in [-0.2, -0.15) is 0 Å². The second-order valence-corrected chi connectivity index (χ2v) is 6.63. The smallest absolute Gasteiger partial charge is 0.0700 e. The largest absolute Gasteiger partial charge is 0.377 e. The topological polar surface area (TPSA) is 21.3 Å². The van der Waals surface area contributed by atoms with E-state index in [4.69, 9.17) is 16.3 Å². The van der Waals surface area contributed by atoms with Crippen molar-refractivity contribution in [1.82, 2.24) is 5.32 Å². The SMILES string of the molecule is CC(CNCC1CCCO1)Sc1cccc(Cl)c1. The lowest BCUT2D eigenvalue weighted by atomic mass is 10.2. The van der Waals surface area contributed by atoms with Crippen molar-refractivity contribution in [2.75, 3.05) is 19.7 Å². The number of hydrogen-bond acceptors (Lipinski definition) is 3. The van der Waals surface area contributed by atoms with Crippen LogP contribution in [0, 0.1) is 0 Å². The van der Waals surface area contributed by atoms with Gasteiger partial charge in [0.15, 0.2) is 0 Å². The van der Waals surface area contributed by atoms with Gasteiger partial charge in [-0.25, -0.2) is 0 Å². The Labute approximate surface area is 118 Å². The number of halogens is 1. The second-order valence-electron chi connectivity index (χ2n) is 4.68. The van der Waals surface area contributed by atoms with Crippen LogP contribution >= 0.6 is 23.4 Å². The third kappa shape index (κ3) is 4.81. The standard InChI is InChI=1S/C14H20ClNOS/c1-11(9-16-10-13-5-3-7-17-13)18-14-6-2-4-12(15)8-14/h2,4,6,8,11,13,16H,3,5,7,9-10H2,1H3. The molecule has 0 radical (unpaired) electrons. The maximum Gasteiger partial charge on any atom is 0.0700 e. The molecule has 1 aliphatic heterocycles. The fraction of sp³-hybridized carbons (Fsp3) is 0.571. The Hall–Kier alpha value is -0.220. The Kier molecular flexibility index (Phi) is 5.83. The van der Waals surface area contributed by atoms with Gasteiger partial charge >= 0.3 is 0 Å². The molecule has 1 saturated heterocycles. The van der Waals surface area contributed by atoms with E-state index in [1.165, 1.54) is 17.7 Å². The highest BCUT2D eigenvalue weighted by molar-refractivity contribution is 8.00. The molecule has 2 rings (SSSR count). The molecular weight excluding hydrogens is 266 g/mol. The van der Waals surface area contributed by atoms with Gasteiger partial charge in [0.05, 0.1) is 6.10 Å². The van der Waals surface area contributed by atoms with E-state index < -0.39 is 0 Å². The van der Waals surface area contributed by atoms with Crippen LogP contribution < -0.4 is 5.32 Å². The van der Waals surface area contributed by atoms with Gasteiger partial charge in [0.25, 0.3) is 0 Å². The van der Waals surface area contributed by atoms with Gasteiger partial charge in [0.1, 0.15) is 0 Å². The molecule has 2 atom stereocenters. The van der Waals surface area contributed by atoms with E-state index in [2.05, 4.69) is 18.3 Å². The molecule has 0 amide bonds. The first-order chi connectivity index (χ1) is 8.74. The molecule has 0 spiro atoms. The van der Waals surface area contributed by atoms with Crippen LogP contribution in [0.1, 0.15) is 19.8 Å². The zero-order valence-corrected chi connectivity index (χ0v) is 12.3. The zero-order valence-electron chi connectivity index (χ0n) is 10.7. The van der Waals surface area contributed by atoms with Gasteiger partial charge in [-0.1, -0.05) is 24.6 Å². The fourth-order valence-electron chi connectivity index (χ4n) is 2.07. The van der Waals surface area contributed by atoms with E-state index in [1.54, 1.807) is 0 Å². The summed E-state index contributed by atoms with van der Waals surface area (Å²) >= 11 is 7.83. The molecule has 1 aromatic carbocycles. The summed E-state index contributed by atoms with van der Waals surface area (Å²) in [6, 6.07) is 8.03. The van der Waals surface area contributed by atoms with Crippen molar-refractivity contribution >= 4 is 23.4 Å². The number of ether oxygens (including phenoxy) is 1. The van der Waals surface area contributed by atoms with Crippen LogP contribution in [-0.2, 0) is 4.74 Å². The molecule has 0 saturated carbocycles. The molecule has 1 N–H and O–H groups in total. The van der Waals surface area contributed by atoms with Crippen molar-refractivity contribution < 1.29 is 4.74 Å². The number of nitrogens with one attached hydrogen (secondary N) is 1. The highest BCUT2D eigenvalue weighted by Crippen LogP contribution is 2.25. The highest BCUT2D eigenvalue weighted by atomic mass is 35.5. The van der Waals surface area contributed by atoms with Gasteiger partial charge in [-0.3, -0.25) is 0 Å². The van der Waals surface area contributed by atoms with Crippen LogP contribution in [-0.4, -0.2) is 31.1 Å². The third-order valence-electron chi connectivity index (χ3n) is 2.96. The maximum atomic E-state index is 5.97. The van der Waals surface area contributed by atoms with Crippen LogP contribution in [0.25, 0.3) is 0 Å². The second kappa shape index (κ2) is 7.39. The first-order valence-electron chi connectivity index (χ1n) is 6.48. The summed E-state index contributed by atoms with van der Waals surface area (Å²) in [7, 11) is 0. The first kappa shape index (κ1) is 14.2. The molecule has 2 unspecified atom stereocenters. The summed E-state index contributed by atoms with van der Waals surface area (Å²) in [5.74, 6) is 0. The monoisotopic (exact) mass is 285 g/mol. The third-order valence-corrected chi connectivity index (χ3v) is 4.29. The molecule has 0 aliphatic carbocycles. The molecule has 1 aromatic rings. The molecule has 18 heavy (non-hydrogen) atoms. The van der Waals surface area contributed by atoms with Crippen molar-refractivity contribution in [3.63, 3.8) is 0 Å². The molecule has 0 bridgehead atoms. The molecular formula is C14H20ClNOS. The van der Waals surface area contributed by atoms with E-state index in [-0.39, 0.29) is 0 Å². The predicted molar refractivity (Wildman–Crippen MR) is 78.6 cm³/mol. The Bertz CT molecular complexity index is 369. The molecule has 0 aromatic heterocycles. The predicted octanol–water partition coefficient (Wildman–Crippen LogP) is 3.59. The zero-order chi connectivity index (χ0) is 12.8. The molecule has 100 valence electrons. The number of rotatable bonds is 6. The highest BCUT2D eigenvalue weighted by Gasteiger charge is 2.15. The van der Waals surface area contributed by atoms with E-state index in [0.29, 0.717) is 11.4 Å². The van der Waals surface area contributed by atoms with Gasteiger partial charge in [0, 0.05) is 34.9 Å². The Balaban J connectivity index is 1.66. The van der Waals surface area contributed by atoms with Gasteiger partial charge in [-0.15, -0.1) is 11.8 Å². The van der Waals surface area contributed by atoms with Crippen molar-refractivity contribution in [2.45, 2.75) is 36.0 Å². The molecule has 2 nitrogen and oxygen atoms in total. The van der Waals surface area contributed by atoms with Crippen molar-refractivity contribution in [2.24, 2.45) is 0 Å². The number of benzene rings is 1. The van der Waals surface area contributed by atoms with Crippen molar-refractivity contribution in [1.29, 1.82) is 0 Å². The number of thioether (sulfide) groups is 1. The van der Waals surface area contributed by atoms with E-state index in [1.807, 2.05) is 30.0 Å². The van der Waals surface area contributed by atoms with Gasteiger partial charge < -0.3 is 10.1 Å². The van der Waals surface area contributed by atoms with Crippen molar-refractivity contribution in [3.8, 4) is 0 Å². The average molecular weight is 286 g/mol. The van der Waals surface area contributed by atoms with E-state index in [9.17, 15) is 0 Å². The van der Waals surface area contributed by atoms with Gasteiger partial charge in [-0.05, 0) is 31.0 Å². The Morgan fingerprint density at radius 1 is 1.56 bits per heavy atom. The minimum Gasteiger partial charge on any atom is -0.377 e. The summed E-state index contributed by atoms with van der Waals surface area (Å²) in [6.45, 7) is 5.13. The molecule has 1 fully saturated rings. The van der Waals surface area contributed by atoms with Gasteiger partial charge in [0.2, 0.25) is 0 Å². The molecule has 1 heterocycles. The minimum atomic E-state index is 0.424.